The summed E-state index contributed by atoms with van der Waals surface area (Å²) < 4.78 is 109. The van der Waals surface area contributed by atoms with E-state index in [1.807, 2.05) is 24.3 Å². The van der Waals surface area contributed by atoms with Gasteiger partial charge in [0.05, 0.1) is 9.79 Å². The second-order valence-corrected chi connectivity index (χ2v) is 14.5. The standard InChI is InChI=1S/C15H11ClO8S2.C15H11ClO2.H2O4S/c16-15(17)24-7-14-10-3-1-8(25(18,19)20)5-12(10)13-6-9(26(21,22)23)2-4-11(13)14;16-15(17)18-9-14-12-7-3-1-5-10(12)11-6-2-4-8-13(11)14;1-5(2,3)4/h1-6,14H,7H2,(H,18,19,20)(H,21,22,23);1-8,14H,9H2;(H2,1,2,3,4)/p-2. The van der Waals surface area contributed by atoms with E-state index in [9.17, 15) is 35.5 Å². The SMILES string of the molecule is O=C(Cl)OCC1c2ccc(S(=O)(=O)[O-])cc2-c2cc(S(=O)(=O)[O-])ccc21.O=C(Cl)OCC1c2ccccc2-c2ccccc21.O=S(=O)(O)O. The predicted octanol–water partition coefficient (Wildman–Crippen LogP) is 5.50. The Morgan fingerprint density at radius 2 is 0.878 bits per heavy atom. The fourth-order valence-corrected chi connectivity index (χ4v) is 6.66. The molecule has 2 N–H and O–H groups in total. The Morgan fingerprint density at radius 1 is 0.571 bits per heavy atom. The molecule has 0 bridgehead atoms. The third-order valence-corrected chi connectivity index (χ3v) is 9.24. The molecule has 14 nitrogen and oxygen atoms in total. The predicted molar refractivity (Wildman–Crippen MR) is 172 cm³/mol. The lowest BCUT2D eigenvalue weighted by Crippen LogP contribution is -2.08. The molecule has 260 valence electrons. The molecule has 0 saturated carbocycles. The van der Waals surface area contributed by atoms with E-state index in [-0.39, 0.29) is 30.3 Å². The van der Waals surface area contributed by atoms with Gasteiger partial charge in [0, 0.05) is 35.0 Å². The maximum Gasteiger partial charge on any atom is 0.403 e. The Morgan fingerprint density at radius 3 is 1.18 bits per heavy atom. The number of ether oxygens (including phenoxy) is 2. The highest BCUT2D eigenvalue weighted by Crippen LogP contribution is 2.47. The Labute approximate surface area is 290 Å². The highest BCUT2D eigenvalue weighted by Gasteiger charge is 2.31. The molecular formula is C30H22Cl2O14S3-2. The van der Waals surface area contributed by atoms with E-state index in [0.29, 0.717) is 11.1 Å². The number of halogens is 2. The van der Waals surface area contributed by atoms with Crippen molar-refractivity contribution in [2.75, 3.05) is 13.2 Å². The summed E-state index contributed by atoms with van der Waals surface area (Å²) in [5, 5.41) is 0. The Kier molecular flexibility index (Phi) is 11.5. The van der Waals surface area contributed by atoms with Crippen molar-refractivity contribution in [2.45, 2.75) is 21.6 Å². The summed E-state index contributed by atoms with van der Waals surface area (Å²) in [7, 11) is -14.2. The maximum absolute atomic E-state index is 11.3. The van der Waals surface area contributed by atoms with Crippen LogP contribution in [0.15, 0.2) is 94.7 Å². The fourth-order valence-electron chi connectivity index (χ4n) is 5.54. The van der Waals surface area contributed by atoms with Gasteiger partial charge in [-0.1, -0.05) is 60.7 Å². The summed E-state index contributed by atoms with van der Waals surface area (Å²) in [6.07, 6.45) is 0. The van der Waals surface area contributed by atoms with E-state index in [2.05, 4.69) is 24.3 Å². The second kappa shape index (κ2) is 14.9. The second-order valence-electron chi connectivity index (χ2n) is 10.2. The van der Waals surface area contributed by atoms with Crippen LogP contribution in [0.2, 0.25) is 0 Å². The van der Waals surface area contributed by atoms with Crippen LogP contribution in [-0.2, 0) is 40.1 Å². The van der Waals surface area contributed by atoms with Gasteiger partial charge in [0.25, 0.3) is 0 Å². The first-order valence-electron chi connectivity index (χ1n) is 13.5. The molecule has 0 aliphatic heterocycles. The highest BCUT2D eigenvalue weighted by molar-refractivity contribution is 7.86. The highest BCUT2D eigenvalue weighted by atomic mass is 35.5. The van der Waals surface area contributed by atoms with Crippen LogP contribution in [0.3, 0.4) is 0 Å². The van der Waals surface area contributed by atoms with Gasteiger partial charge in [-0.05, 0) is 68.8 Å². The van der Waals surface area contributed by atoms with Crippen molar-refractivity contribution in [2.24, 2.45) is 0 Å². The van der Waals surface area contributed by atoms with Crippen LogP contribution < -0.4 is 0 Å². The molecule has 0 heterocycles. The summed E-state index contributed by atoms with van der Waals surface area (Å²) in [5.41, 5.74) is 4.54. The van der Waals surface area contributed by atoms with Crippen molar-refractivity contribution in [3.8, 4) is 22.3 Å². The van der Waals surface area contributed by atoms with Gasteiger partial charge < -0.3 is 18.6 Å². The zero-order valence-corrected chi connectivity index (χ0v) is 28.4. The third-order valence-electron chi connectivity index (χ3n) is 7.36. The number of benzene rings is 4. The van der Waals surface area contributed by atoms with E-state index < -0.39 is 57.2 Å². The van der Waals surface area contributed by atoms with E-state index >= 15 is 0 Å². The minimum Gasteiger partial charge on any atom is -0.744 e. The lowest BCUT2D eigenvalue weighted by atomic mass is 9.98. The molecule has 4 aromatic carbocycles. The largest absolute Gasteiger partial charge is 0.744 e. The summed E-state index contributed by atoms with van der Waals surface area (Å²) >= 11 is 10.4. The molecule has 19 heteroatoms. The van der Waals surface area contributed by atoms with Gasteiger partial charge in [-0.2, -0.15) is 8.42 Å². The first kappa shape index (κ1) is 37.9. The molecule has 0 aromatic heterocycles. The van der Waals surface area contributed by atoms with Crippen LogP contribution in [0.5, 0.6) is 0 Å². The van der Waals surface area contributed by atoms with Gasteiger partial charge >= 0.3 is 21.3 Å². The number of carbonyl (C=O) groups is 2. The van der Waals surface area contributed by atoms with Crippen LogP contribution >= 0.6 is 23.2 Å². The zero-order chi connectivity index (χ0) is 36.3. The van der Waals surface area contributed by atoms with E-state index in [0.717, 1.165) is 24.3 Å². The zero-order valence-electron chi connectivity index (χ0n) is 24.4. The van der Waals surface area contributed by atoms with Gasteiger partial charge in [-0.25, -0.2) is 26.4 Å². The van der Waals surface area contributed by atoms with Crippen molar-refractivity contribution in [1.82, 2.24) is 0 Å². The minimum atomic E-state index is -4.75. The van der Waals surface area contributed by atoms with Crippen LogP contribution in [0, 0.1) is 0 Å². The van der Waals surface area contributed by atoms with E-state index in [1.165, 1.54) is 34.4 Å². The topological polar surface area (TPSA) is 242 Å². The molecule has 0 amide bonds. The lowest BCUT2D eigenvalue weighted by Gasteiger charge is -2.14. The van der Waals surface area contributed by atoms with E-state index in [4.69, 9.17) is 50.2 Å². The van der Waals surface area contributed by atoms with Gasteiger partial charge in [-0.3, -0.25) is 9.11 Å². The summed E-state index contributed by atoms with van der Waals surface area (Å²) in [4.78, 5) is 20.7. The van der Waals surface area contributed by atoms with Gasteiger partial charge in [0.15, 0.2) is 0 Å². The first-order valence-corrected chi connectivity index (χ1v) is 18.4. The smallest absolute Gasteiger partial charge is 0.403 e. The molecule has 2 aliphatic rings. The Hall–Kier alpha value is -3.91. The van der Waals surface area contributed by atoms with Crippen molar-refractivity contribution >= 4 is 64.7 Å². The van der Waals surface area contributed by atoms with Crippen molar-refractivity contribution in [3.05, 3.63) is 107 Å². The molecular weight excluding hydrogens is 751 g/mol. The molecule has 0 fully saturated rings. The molecule has 49 heavy (non-hydrogen) atoms. The van der Waals surface area contributed by atoms with Crippen LogP contribution in [-0.4, -0.2) is 67.5 Å². The van der Waals surface area contributed by atoms with Crippen LogP contribution in [0.1, 0.15) is 34.1 Å². The van der Waals surface area contributed by atoms with Crippen LogP contribution in [0.4, 0.5) is 9.59 Å². The molecule has 0 unspecified atom stereocenters. The third kappa shape index (κ3) is 9.62. The van der Waals surface area contributed by atoms with Crippen molar-refractivity contribution in [1.29, 1.82) is 0 Å². The van der Waals surface area contributed by atoms with Gasteiger partial charge in [0.1, 0.15) is 33.5 Å². The Balaban J connectivity index is 0.000000203. The number of hydrogen-bond donors (Lipinski definition) is 2. The summed E-state index contributed by atoms with van der Waals surface area (Å²) in [6, 6.07) is 23.5. The molecule has 0 radical (unpaired) electrons. The average molecular weight is 774 g/mol. The number of carbonyl (C=O) groups excluding carboxylic acids is 2. The number of rotatable bonds is 6. The summed E-state index contributed by atoms with van der Waals surface area (Å²) in [5.74, 6) is -0.477. The first-order chi connectivity index (χ1) is 22.8. The molecule has 0 spiro atoms. The molecule has 0 saturated heterocycles. The number of hydrogen-bond acceptors (Lipinski definition) is 12. The normalized spacial score (nSPS) is 13.3. The van der Waals surface area contributed by atoms with Crippen molar-refractivity contribution in [3.63, 3.8) is 0 Å². The minimum absolute atomic E-state index is 0.0834. The van der Waals surface area contributed by atoms with E-state index in [1.54, 1.807) is 0 Å². The van der Waals surface area contributed by atoms with Crippen LogP contribution in [0.25, 0.3) is 22.3 Å². The summed E-state index contributed by atoms with van der Waals surface area (Å²) in [6.45, 7) is 0.103. The Bertz CT molecular complexity index is 2120. The molecule has 2 aliphatic carbocycles. The molecule has 4 aromatic rings. The maximum atomic E-state index is 11.3. The lowest BCUT2D eigenvalue weighted by molar-refractivity contribution is 0.169. The quantitative estimate of drug-likeness (QED) is 0.182. The average Bonchev–Trinajstić information content (AvgIpc) is 3.49. The van der Waals surface area contributed by atoms with Crippen molar-refractivity contribution < 1.29 is 62.5 Å². The fraction of sp³-hybridized carbons (Fsp3) is 0.133. The molecule has 6 rings (SSSR count). The van der Waals surface area contributed by atoms with Gasteiger partial charge in [0.2, 0.25) is 0 Å². The monoisotopic (exact) mass is 772 g/mol. The molecule has 0 atom stereocenters. The van der Waals surface area contributed by atoms with Gasteiger partial charge in [-0.15, -0.1) is 0 Å². The number of fused-ring (bicyclic) bond motifs is 6.